The van der Waals surface area contributed by atoms with E-state index in [-0.39, 0.29) is 18.0 Å². The first-order valence-corrected chi connectivity index (χ1v) is 8.15. The van der Waals surface area contributed by atoms with Gasteiger partial charge in [-0.05, 0) is 35.9 Å². The maximum Gasteiger partial charge on any atom is 0.425 e. The number of pyridine rings is 1. The highest BCUT2D eigenvalue weighted by Gasteiger charge is 2.35. The van der Waals surface area contributed by atoms with Gasteiger partial charge in [-0.3, -0.25) is 4.79 Å². The number of imide groups is 1. The third-order valence-corrected chi connectivity index (χ3v) is 3.83. The molecule has 1 aromatic carbocycles. The largest absolute Gasteiger partial charge is 0.493 e. The lowest BCUT2D eigenvalue weighted by molar-refractivity contribution is -0.115. The maximum atomic E-state index is 12.6. The van der Waals surface area contributed by atoms with Gasteiger partial charge in [0.25, 0.3) is 5.91 Å². The molecule has 0 saturated heterocycles. The van der Waals surface area contributed by atoms with E-state index in [1.54, 1.807) is 24.3 Å². The zero-order valence-corrected chi connectivity index (χ0v) is 14.9. The quantitative estimate of drug-likeness (QED) is 0.628. The average molecular weight is 380 g/mol. The van der Waals surface area contributed by atoms with Gasteiger partial charge in [-0.25, -0.2) is 9.78 Å². The number of hydrogen-bond donors (Lipinski definition) is 1. The Hall–Kier alpha value is -3.83. The summed E-state index contributed by atoms with van der Waals surface area (Å²) in [6.07, 6.45) is 6.79. The van der Waals surface area contributed by atoms with Crippen LogP contribution in [-0.4, -0.2) is 35.8 Å². The summed E-state index contributed by atoms with van der Waals surface area (Å²) >= 11 is 0. The lowest BCUT2D eigenvalue weighted by Crippen LogP contribution is -2.41. The third-order valence-electron chi connectivity index (χ3n) is 3.83. The SMILES string of the molecule is C#CCOc1ccc(C=CC(=O)N2C(=O)OC(O)c3cccnc32)cc1OC. The molecule has 8 nitrogen and oxygen atoms in total. The van der Waals surface area contributed by atoms with E-state index in [9.17, 15) is 14.7 Å². The normalized spacial score (nSPS) is 15.5. The van der Waals surface area contributed by atoms with Crippen molar-refractivity contribution in [2.24, 2.45) is 0 Å². The first-order valence-electron chi connectivity index (χ1n) is 8.15. The van der Waals surface area contributed by atoms with Crippen LogP contribution in [0.4, 0.5) is 10.6 Å². The number of terminal acetylenes is 1. The third kappa shape index (κ3) is 3.79. The van der Waals surface area contributed by atoms with Gasteiger partial charge in [0.05, 0.1) is 12.7 Å². The molecule has 1 unspecified atom stereocenters. The Morgan fingerprint density at radius 2 is 2.25 bits per heavy atom. The number of aliphatic hydroxyl groups is 1. The van der Waals surface area contributed by atoms with E-state index >= 15 is 0 Å². The Labute approximate surface area is 161 Å². The number of cyclic esters (lactones) is 1. The summed E-state index contributed by atoms with van der Waals surface area (Å²) in [5.41, 5.74) is 0.852. The number of hydrogen-bond acceptors (Lipinski definition) is 7. The van der Waals surface area contributed by atoms with Crippen molar-refractivity contribution in [1.29, 1.82) is 0 Å². The highest BCUT2D eigenvalue weighted by atomic mass is 16.7. The number of methoxy groups -OCH3 is 1. The van der Waals surface area contributed by atoms with Crippen molar-refractivity contribution >= 4 is 23.9 Å². The van der Waals surface area contributed by atoms with Gasteiger partial charge in [0.15, 0.2) is 17.3 Å². The molecule has 1 aliphatic heterocycles. The van der Waals surface area contributed by atoms with E-state index < -0.39 is 18.3 Å². The number of anilines is 1. The van der Waals surface area contributed by atoms with Gasteiger partial charge in [0.1, 0.15) is 6.61 Å². The summed E-state index contributed by atoms with van der Waals surface area (Å²) in [5.74, 6) is 2.62. The minimum absolute atomic E-state index is 0.0245. The summed E-state index contributed by atoms with van der Waals surface area (Å²) in [6.45, 7) is 0.0966. The van der Waals surface area contributed by atoms with Crippen molar-refractivity contribution in [3.05, 3.63) is 53.7 Å². The molecule has 8 heteroatoms. The Balaban J connectivity index is 1.83. The minimum Gasteiger partial charge on any atom is -0.493 e. The second-order valence-electron chi connectivity index (χ2n) is 5.56. The molecule has 1 N–H and O–H groups in total. The van der Waals surface area contributed by atoms with E-state index in [4.69, 9.17) is 20.6 Å². The number of fused-ring (bicyclic) bond motifs is 1. The Morgan fingerprint density at radius 3 is 3.00 bits per heavy atom. The number of ether oxygens (including phenoxy) is 3. The maximum absolute atomic E-state index is 12.6. The van der Waals surface area contributed by atoms with Crippen molar-refractivity contribution < 1.29 is 28.9 Å². The first kappa shape index (κ1) is 18.9. The van der Waals surface area contributed by atoms with E-state index in [1.165, 1.54) is 31.5 Å². The molecule has 142 valence electrons. The molecule has 2 aromatic rings. The van der Waals surface area contributed by atoms with Gasteiger partial charge >= 0.3 is 6.09 Å². The van der Waals surface area contributed by atoms with Gasteiger partial charge in [0, 0.05) is 12.3 Å². The smallest absolute Gasteiger partial charge is 0.425 e. The number of benzene rings is 1. The predicted molar refractivity (Wildman–Crippen MR) is 99.5 cm³/mol. The molecule has 0 aliphatic carbocycles. The number of nitrogens with zero attached hydrogens (tertiary/aromatic N) is 2. The van der Waals surface area contributed by atoms with Crippen LogP contribution in [0.25, 0.3) is 6.08 Å². The molecule has 0 saturated carbocycles. The van der Waals surface area contributed by atoms with Gasteiger partial charge in [0.2, 0.25) is 6.29 Å². The van der Waals surface area contributed by atoms with Crippen LogP contribution in [0.5, 0.6) is 11.5 Å². The zero-order chi connectivity index (χ0) is 20.1. The number of carbonyl (C=O) groups is 2. The number of aromatic nitrogens is 1. The Bertz CT molecular complexity index is 979. The van der Waals surface area contributed by atoms with Crippen molar-refractivity contribution in [3.8, 4) is 23.8 Å². The average Bonchev–Trinajstić information content (AvgIpc) is 2.71. The molecular formula is C20H16N2O6. The standard InChI is InChI=1S/C20H16N2O6/c1-3-11-27-15-8-6-13(12-16(15)26-2)7-9-17(23)22-18-14(5-4-10-21-18)19(24)28-20(22)25/h1,4-10,12,19,24H,11H2,2H3. The van der Waals surface area contributed by atoms with Crippen LogP contribution in [0, 0.1) is 12.3 Å². The number of carbonyl (C=O) groups excluding carboxylic acids is 2. The van der Waals surface area contributed by atoms with Gasteiger partial charge in [-0.1, -0.05) is 12.0 Å². The highest BCUT2D eigenvalue weighted by Crippen LogP contribution is 2.32. The van der Waals surface area contributed by atoms with Crippen molar-refractivity contribution in [3.63, 3.8) is 0 Å². The lowest BCUT2D eigenvalue weighted by Gasteiger charge is -2.28. The van der Waals surface area contributed by atoms with Crippen LogP contribution in [0.15, 0.2) is 42.6 Å². The molecule has 0 spiro atoms. The molecule has 1 aromatic heterocycles. The van der Waals surface area contributed by atoms with E-state index in [0.29, 0.717) is 17.1 Å². The number of rotatable bonds is 5. The van der Waals surface area contributed by atoms with Crippen LogP contribution < -0.4 is 14.4 Å². The summed E-state index contributed by atoms with van der Waals surface area (Å²) < 4.78 is 15.4. The fourth-order valence-corrected chi connectivity index (χ4v) is 2.55. The van der Waals surface area contributed by atoms with Gasteiger partial charge < -0.3 is 19.3 Å². The van der Waals surface area contributed by atoms with Crippen LogP contribution in [-0.2, 0) is 9.53 Å². The van der Waals surface area contributed by atoms with Gasteiger partial charge in [-0.2, -0.15) is 4.90 Å². The molecule has 0 bridgehead atoms. The minimum atomic E-state index is -1.47. The topological polar surface area (TPSA) is 98.2 Å². The fourth-order valence-electron chi connectivity index (χ4n) is 2.55. The molecule has 1 aliphatic rings. The predicted octanol–water partition coefficient (Wildman–Crippen LogP) is 2.29. The Kier molecular flexibility index (Phi) is 5.58. The monoisotopic (exact) mass is 380 g/mol. The van der Waals surface area contributed by atoms with E-state index in [1.807, 2.05) is 0 Å². The van der Waals surface area contributed by atoms with Crippen molar-refractivity contribution in [2.75, 3.05) is 18.6 Å². The summed E-state index contributed by atoms with van der Waals surface area (Å²) in [6, 6.07) is 8.09. The van der Waals surface area contributed by atoms with Crippen LogP contribution >= 0.6 is 0 Å². The molecule has 2 amide bonds. The van der Waals surface area contributed by atoms with Gasteiger partial charge in [-0.15, -0.1) is 6.42 Å². The summed E-state index contributed by atoms with van der Waals surface area (Å²) in [7, 11) is 1.48. The number of aliphatic hydroxyl groups excluding tert-OH is 1. The summed E-state index contributed by atoms with van der Waals surface area (Å²) in [5, 5.41) is 9.81. The van der Waals surface area contributed by atoms with Crippen LogP contribution in [0.1, 0.15) is 17.4 Å². The van der Waals surface area contributed by atoms with Crippen LogP contribution in [0.2, 0.25) is 0 Å². The fraction of sp³-hybridized carbons (Fsp3) is 0.150. The zero-order valence-electron chi connectivity index (χ0n) is 14.9. The Morgan fingerprint density at radius 1 is 1.43 bits per heavy atom. The van der Waals surface area contributed by atoms with Crippen molar-refractivity contribution in [2.45, 2.75) is 6.29 Å². The van der Waals surface area contributed by atoms with E-state index in [2.05, 4.69) is 10.9 Å². The lowest BCUT2D eigenvalue weighted by atomic mass is 10.1. The molecule has 0 fully saturated rings. The highest BCUT2D eigenvalue weighted by molar-refractivity contribution is 6.18. The van der Waals surface area contributed by atoms with Crippen LogP contribution in [0.3, 0.4) is 0 Å². The number of amides is 2. The summed E-state index contributed by atoms with van der Waals surface area (Å²) in [4.78, 5) is 29.4. The molecular weight excluding hydrogens is 364 g/mol. The molecule has 3 rings (SSSR count). The molecule has 1 atom stereocenters. The molecule has 0 radical (unpaired) electrons. The molecule has 28 heavy (non-hydrogen) atoms. The first-order chi connectivity index (χ1) is 13.5. The second-order valence-corrected chi connectivity index (χ2v) is 5.56. The van der Waals surface area contributed by atoms with E-state index in [0.717, 1.165) is 4.90 Å². The molecule has 2 heterocycles. The van der Waals surface area contributed by atoms with Crippen molar-refractivity contribution in [1.82, 2.24) is 4.98 Å². The second kappa shape index (κ2) is 8.24.